The van der Waals surface area contributed by atoms with E-state index in [4.69, 9.17) is 14.2 Å². The van der Waals surface area contributed by atoms with Crippen molar-refractivity contribution in [3.8, 4) is 0 Å². The lowest BCUT2D eigenvalue weighted by Crippen LogP contribution is -2.60. The first-order valence-electron chi connectivity index (χ1n) is 32.2. The summed E-state index contributed by atoms with van der Waals surface area (Å²) in [5.41, 5.74) is 1.36. The molecular formula is C67H100N10O17. The molecule has 0 aliphatic carbocycles. The van der Waals surface area contributed by atoms with Crippen LogP contribution in [0.4, 0.5) is 10.5 Å². The summed E-state index contributed by atoms with van der Waals surface area (Å²) in [5, 5.41) is 36.3. The molecular weight excluding hydrogens is 1220 g/mol. The zero-order valence-electron chi connectivity index (χ0n) is 56.8. The number of likely N-dealkylation sites (N-methyl/N-ethyl adjacent to an activating group) is 2. The number of carboxylic acids is 1. The average molecular weight is 1320 g/mol. The van der Waals surface area contributed by atoms with Crippen LogP contribution in [0.5, 0.6) is 0 Å². The number of benzene rings is 2. The number of aliphatic hydroxyl groups excluding tert-OH is 1. The van der Waals surface area contributed by atoms with Gasteiger partial charge >= 0.3 is 12.1 Å². The molecule has 11 amide bonds. The molecule has 0 bridgehead atoms. The maximum Gasteiger partial charge on any atom is 0.410 e. The Kier molecular flexibility index (Phi) is 31.2. The fourth-order valence-electron chi connectivity index (χ4n) is 11.8. The number of anilines is 1. The molecule has 2 aliphatic heterocycles. The molecule has 8 N–H and O–H groups in total. The number of rotatable bonds is 37. The van der Waals surface area contributed by atoms with Gasteiger partial charge in [0.15, 0.2) is 0 Å². The van der Waals surface area contributed by atoms with Crippen LogP contribution in [-0.2, 0) is 73.6 Å². The highest BCUT2D eigenvalue weighted by Gasteiger charge is 2.44. The van der Waals surface area contributed by atoms with Crippen LogP contribution in [0, 0.1) is 29.6 Å². The summed E-state index contributed by atoms with van der Waals surface area (Å²) in [6, 6.07) is 8.73. The van der Waals surface area contributed by atoms with Gasteiger partial charge in [0.1, 0.15) is 30.8 Å². The molecule has 0 radical (unpaired) electrons. The van der Waals surface area contributed by atoms with Crippen molar-refractivity contribution >= 4 is 76.8 Å². The van der Waals surface area contributed by atoms with Crippen LogP contribution >= 0.6 is 0 Å². The Morgan fingerprint density at radius 1 is 0.713 bits per heavy atom. The normalized spacial score (nSPS) is 17.4. The number of carbonyl (C=O) groups excluding carboxylic acids is 11. The van der Waals surface area contributed by atoms with E-state index in [0.29, 0.717) is 36.9 Å². The number of hydrogen-bond acceptors (Lipinski definition) is 16. The number of aliphatic hydroxyl groups is 1. The largest absolute Gasteiger partial charge is 0.481 e. The van der Waals surface area contributed by atoms with Gasteiger partial charge in [-0.05, 0) is 79.5 Å². The summed E-state index contributed by atoms with van der Waals surface area (Å²) in [5.74, 6) is -8.84. The van der Waals surface area contributed by atoms with Gasteiger partial charge in [0, 0.05) is 72.1 Å². The first kappa shape index (κ1) is 78.1. The molecule has 2 aromatic carbocycles. The Bertz CT molecular complexity index is 2940. The number of ether oxygens (including phenoxy) is 3. The van der Waals surface area contributed by atoms with Crippen molar-refractivity contribution in [2.75, 3.05) is 53.3 Å². The van der Waals surface area contributed by atoms with E-state index in [1.807, 2.05) is 45.9 Å². The van der Waals surface area contributed by atoms with Gasteiger partial charge in [-0.15, -0.1) is 0 Å². The molecule has 94 heavy (non-hydrogen) atoms. The van der Waals surface area contributed by atoms with Gasteiger partial charge in [-0.25, -0.2) is 4.79 Å². The Labute approximate surface area is 551 Å². The van der Waals surface area contributed by atoms with Crippen LogP contribution < -0.4 is 31.9 Å². The number of likely N-dealkylation sites (tertiary alicyclic amines) is 1. The molecule has 27 nitrogen and oxygen atoms in total. The highest BCUT2D eigenvalue weighted by atomic mass is 16.6. The molecule has 4 rings (SSSR count). The summed E-state index contributed by atoms with van der Waals surface area (Å²) in [6.07, 6.45) is -0.271. The number of carboxylic acid groups (broad SMARTS) is 1. The lowest BCUT2D eigenvalue weighted by Gasteiger charge is -2.41. The Morgan fingerprint density at radius 3 is 1.90 bits per heavy atom. The summed E-state index contributed by atoms with van der Waals surface area (Å²) in [4.78, 5) is 164. The van der Waals surface area contributed by atoms with Crippen molar-refractivity contribution in [2.45, 2.75) is 188 Å². The highest BCUT2D eigenvalue weighted by molar-refractivity contribution is 6.13. The molecule has 1 saturated heterocycles. The van der Waals surface area contributed by atoms with E-state index in [1.165, 1.54) is 38.3 Å². The Balaban J connectivity index is 1.36. The van der Waals surface area contributed by atoms with Crippen molar-refractivity contribution in [3.05, 3.63) is 77.9 Å². The first-order valence-corrected chi connectivity index (χ1v) is 32.2. The predicted octanol–water partition coefficient (Wildman–Crippen LogP) is 3.83. The minimum absolute atomic E-state index is 0.0843. The van der Waals surface area contributed by atoms with Crippen molar-refractivity contribution < 1.29 is 82.0 Å². The smallest absolute Gasteiger partial charge is 0.410 e. The standard InChI is InChI=1S/C67H100N10O17/c1-15-41(8)59(50(92-13)35-55(82)76-32-19-22-49(76)61(93-14)42(9)62(86)69-43(10)60(85)45-20-17-16-18-21-45)74(11)66(90)57(39(4)5)73-65(89)58(40(6)7)75(12)67(91)94-37-44-23-25-46(26-24-44)70-64(88)47(27-30-56(83)84)71-52(79)36-68-63(87)48(34-38(2)3)72-51(78)31-33-77-53(80)28-29-54(77)81/h16-18,20-21,23-26,28-29,38-43,47-50,57-61,85H,15,19,22,27,30-37H2,1-14H3,(H,68,87)(H,69,86)(H,70,88)(H,71,79)(H,72,78)(H,73,89)(H,83,84)/t41-,42+,43+,47-,48+,49-,50+,57-,58-,59-,60+,61+/m0/s1. The molecule has 0 unspecified atom stereocenters. The van der Waals surface area contributed by atoms with E-state index in [1.54, 1.807) is 77.8 Å². The zero-order chi connectivity index (χ0) is 70.3. The van der Waals surface area contributed by atoms with Crippen LogP contribution in [0.25, 0.3) is 0 Å². The highest BCUT2D eigenvalue weighted by Crippen LogP contribution is 2.31. The fourth-order valence-corrected chi connectivity index (χ4v) is 11.8. The molecule has 27 heteroatoms. The van der Waals surface area contributed by atoms with Gasteiger partial charge < -0.3 is 66.1 Å². The lowest BCUT2D eigenvalue weighted by molar-refractivity contribution is -0.148. The second-order valence-electron chi connectivity index (χ2n) is 25.4. The molecule has 2 aliphatic rings. The van der Waals surface area contributed by atoms with Gasteiger partial charge in [-0.3, -0.25) is 62.5 Å². The van der Waals surface area contributed by atoms with Gasteiger partial charge in [-0.2, -0.15) is 0 Å². The minimum atomic E-state index is -1.37. The summed E-state index contributed by atoms with van der Waals surface area (Å²) in [6.45, 7) is 17.3. The second kappa shape index (κ2) is 37.6. The molecule has 12 atom stereocenters. The van der Waals surface area contributed by atoms with Crippen molar-refractivity contribution in [2.24, 2.45) is 29.6 Å². The van der Waals surface area contributed by atoms with Crippen LogP contribution in [0.1, 0.15) is 138 Å². The van der Waals surface area contributed by atoms with Crippen LogP contribution in [0.2, 0.25) is 0 Å². The van der Waals surface area contributed by atoms with Crippen LogP contribution in [0.15, 0.2) is 66.7 Å². The van der Waals surface area contributed by atoms with Gasteiger partial charge in [0.05, 0.1) is 55.3 Å². The Hall–Kier alpha value is -8.30. The third kappa shape index (κ3) is 22.7. The maximum atomic E-state index is 14.8. The first-order chi connectivity index (χ1) is 44.3. The molecule has 520 valence electrons. The third-order valence-corrected chi connectivity index (χ3v) is 17.2. The van der Waals surface area contributed by atoms with Crippen LogP contribution in [0.3, 0.4) is 0 Å². The zero-order valence-corrected chi connectivity index (χ0v) is 56.8. The fraction of sp³-hybridized carbons (Fsp3) is 0.612. The monoisotopic (exact) mass is 1320 g/mol. The number of nitrogens with zero attached hydrogens (tertiary/aromatic N) is 4. The van der Waals surface area contributed by atoms with E-state index in [2.05, 4.69) is 31.9 Å². The molecule has 2 heterocycles. The predicted molar refractivity (Wildman–Crippen MR) is 347 cm³/mol. The number of methoxy groups -OCH3 is 2. The Morgan fingerprint density at radius 2 is 1.34 bits per heavy atom. The molecule has 0 aromatic heterocycles. The molecule has 2 aromatic rings. The van der Waals surface area contributed by atoms with E-state index in [9.17, 15) is 67.7 Å². The summed E-state index contributed by atoms with van der Waals surface area (Å²) >= 11 is 0. The molecule has 0 spiro atoms. The number of imide groups is 1. The average Bonchev–Trinajstić information content (AvgIpc) is 1.35. The number of nitrogens with one attached hydrogen (secondary N) is 6. The van der Waals surface area contributed by atoms with E-state index in [-0.39, 0.29) is 68.2 Å². The van der Waals surface area contributed by atoms with Crippen molar-refractivity contribution in [1.29, 1.82) is 0 Å². The van der Waals surface area contributed by atoms with Gasteiger partial charge in [0.25, 0.3) is 11.8 Å². The number of amides is 11. The number of aliphatic carboxylic acids is 1. The SMILES string of the molecule is CC[C@H](C)[C@@H]([C@@H](CC(=O)N1CCC[C@H]1[C@H](OC)[C@@H](C)C(=O)N[C@H](C)[C@@H](O)c1ccccc1)OC)N(C)C(=O)[C@@H](NC(=O)[C@H](C(C)C)N(C)C(=O)OCc1ccc(NC(=O)[C@H](CCC(=O)O)NC(=O)CNC(=O)[C@@H](CC(C)C)NC(=O)CCN2C(=O)C=CC2=O)cc1)C(C)C. The summed E-state index contributed by atoms with van der Waals surface area (Å²) in [7, 11) is 6.02. The van der Waals surface area contributed by atoms with Gasteiger partial charge in [-0.1, -0.05) is 111 Å². The van der Waals surface area contributed by atoms with Crippen molar-refractivity contribution in [3.63, 3.8) is 0 Å². The third-order valence-electron chi connectivity index (χ3n) is 17.2. The van der Waals surface area contributed by atoms with Crippen molar-refractivity contribution in [1.82, 2.24) is 46.2 Å². The van der Waals surface area contributed by atoms with E-state index < -0.39 is 151 Å². The minimum Gasteiger partial charge on any atom is -0.481 e. The maximum absolute atomic E-state index is 14.8. The number of hydrogen-bond donors (Lipinski definition) is 8. The molecule has 0 saturated carbocycles. The topological polar surface area (TPSA) is 358 Å². The van der Waals surface area contributed by atoms with E-state index >= 15 is 0 Å². The van der Waals surface area contributed by atoms with Gasteiger partial charge in [0.2, 0.25) is 47.3 Å². The second-order valence-corrected chi connectivity index (χ2v) is 25.4. The quantitative estimate of drug-likeness (QED) is 0.0446. The number of carbonyl (C=O) groups is 12. The summed E-state index contributed by atoms with van der Waals surface area (Å²) < 4.78 is 17.7. The van der Waals surface area contributed by atoms with E-state index in [0.717, 1.165) is 22.0 Å². The van der Waals surface area contributed by atoms with Crippen LogP contribution in [-0.4, -0.2) is 203 Å². The lowest BCUT2D eigenvalue weighted by atomic mass is 9.89. The molecule has 1 fully saturated rings.